The van der Waals surface area contributed by atoms with Crippen molar-refractivity contribution in [3.8, 4) is 0 Å². The van der Waals surface area contributed by atoms with Crippen LogP contribution in [-0.2, 0) is 9.59 Å². The van der Waals surface area contributed by atoms with Gasteiger partial charge in [0.15, 0.2) is 0 Å². The molecule has 0 radical (unpaired) electrons. The first-order valence-corrected chi connectivity index (χ1v) is 8.44. The van der Waals surface area contributed by atoms with E-state index in [2.05, 4.69) is 0 Å². The van der Waals surface area contributed by atoms with Gasteiger partial charge in [-0.05, 0) is 30.2 Å². The molecule has 0 spiro atoms. The molecule has 8 heteroatoms. The summed E-state index contributed by atoms with van der Waals surface area (Å²) in [5.74, 6) is -1.90. The van der Waals surface area contributed by atoms with Gasteiger partial charge in [0, 0.05) is 23.7 Å². The van der Waals surface area contributed by atoms with Crippen LogP contribution in [0.2, 0.25) is 5.02 Å². The van der Waals surface area contributed by atoms with Gasteiger partial charge in [-0.1, -0.05) is 25.4 Å². The van der Waals surface area contributed by atoms with E-state index in [1.807, 2.05) is 13.8 Å². The number of carbonyl (C=O) groups excluding carboxylic acids is 2. The van der Waals surface area contributed by atoms with Crippen LogP contribution in [0.4, 0.5) is 0 Å². The fourth-order valence-corrected chi connectivity index (χ4v) is 2.82. The van der Waals surface area contributed by atoms with Crippen LogP contribution in [0.15, 0.2) is 24.3 Å². The third kappa shape index (κ3) is 4.29. The number of benzene rings is 1. The minimum Gasteiger partial charge on any atom is -0.480 e. The second-order valence-corrected chi connectivity index (χ2v) is 6.85. The number of hydrogen-bond donors (Lipinski definition) is 2. The molecular formula is C17H22ClN3O4. The van der Waals surface area contributed by atoms with Crippen molar-refractivity contribution in [1.82, 2.24) is 9.80 Å². The minimum absolute atomic E-state index is 0.0514. The van der Waals surface area contributed by atoms with Gasteiger partial charge in [-0.3, -0.25) is 9.59 Å². The third-order valence-electron chi connectivity index (χ3n) is 4.33. The molecule has 1 fully saturated rings. The van der Waals surface area contributed by atoms with Crippen molar-refractivity contribution >= 4 is 29.4 Å². The van der Waals surface area contributed by atoms with Gasteiger partial charge in [0.05, 0.1) is 12.6 Å². The summed E-state index contributed by atoms with van der Waals surface area (Å²) in [5, 5.41) is 10.0. The summed E-state index contributed by atoms with van der Waals surface area (Å²) in [6.45, 7) is 3.97. The van der Waals surface area contributed by atoms with Crippen molar-refractivity contribution in [2.75, 3.05) is 19.6 Å². The lowest BCUT2D eigenvalue weighted by Crippen LogP contribution is -2.61. The molecule has 0 bridgehead atoms. The Balaban J connectivity index is 2.17. The van der Waals surface area contributed by atoms with Crippen molar-refractivity contribution in [1.29, 1.82) is 0 Å². The first kappa shape index (κ1) is 19.2. The van der Waals surface area contributed by atoms with Crippen LogP contribution in [0.1, 0.15) is 24.2 Å². The van der Waals surface area contributed by atoms with Gasteiger partial charge in [0.2, 0.25) is 5.91 Å². The van der Waals surface area contributed by atoms with Crippen LogP contribution >= 0.6 is 11.6 Å². The Morgan fingerprint density at radius 2 is 1.80 bits per heavy atom. The van der Waals surface area contributed by atoms with E-state index in [1.165, 1.54) is 9.80 Å². The molecule has 0 unspecified atom stereocenters. The Kier molecular flexibility index (Phi) is 6.02. The van der Waals surface area contributed by atoms with Gasteiger partial charge in [0.1, 0.15) is 6.04 Å². The van der Waals surface area contributed by atoms with Crippen LogP contribution in [0, 0.1) is 5.92 Å². The molecule has 136 valence electrons. The maximum atomic E-state index is 12.6. The van der Waals surface area contributed by atoms with Crippen molar-refractivity contribution in [3.05, 3.63) is 34.9 Å². The molecule has 3 N–H and O–H groups in total. The molecule has 0 aromatic heterocycles. The number of halogens is 1. The second-order valence-electron chi connectivity index (χ2n) is 6.41. The minimum atomic E-state index is -1.15. The molecule has 1 heterocycles. The molecular weight excluding hydrogens is 346 g/mol. The maximum absolute atomic E-state index is 12.6. The van der Waals surface area contributed by atoms with Gasteiger partial charge in [0.25, 0.3) is 5.91 Å². The van der Waals surface area contributed by atoms with Crippen molar-refractivity contribution < 1.29 is 19.5 Å². The van der Waals surface area contributed by atoms with E-state index >= 15 is 0 Å². The molecule has 2 amide bonds. The predicted octanol–water partition coefficient (Wildman–Crippen LogP) is 1.06. The highest BCUT2D eigenvalue weighted by Gasteiger charge is 2.38. The summed E-state index contributed by atoms with van der Waals surface area (Å²) in [4.78, 5) is 39.4. The number of carboxylic acid groups (broad SMARTS) is 1. The van der Waals surface area contributed by atoms with Crippen molar-refractivity contribution in [2.24, 2.45) is 11.7 Å². The number of aliphatic carboxylic acids is 1. The molecule has 1 aromatic carbocycles. The van der Waals surface area contributed by atoms with Gasteiger partial charge < -0.3 is 20.6 Å². The highest BCUT2D eigenvalue weighted by atomic mass is 35.5. The van der Waals surface area contributed by atoms with Gasteiger partial charge in [-0.15, -0.1) is 0 Å². The van der Waals surface area contributed by atoms with E-state index in [0.717, 1.165) is 0 Å². The molecule has 1 saturated heterocycles. The molecule has 7 nitrogen and oxygen atoms in total. The van der Waals surface area contributed by atoms with Crippen LogP contribution in [0.5, 0.6) is 0 Å². The number of amides is 2. The summed E-state index contributed by atoms with van der Waals surface area (Å²) in [5.41, 5.74) is 6.24. The highest BCUT2D eigenvalue weighted by Crippen LogP contribution is 2.18. The molecule has 0 aliphatic carbocycles. The SMILES string of the molecule is CC(C)[C@H](N)C(=O)N1CCN(C(=O)c2ccc(Cl)cc2)[C@H](C(=O)O)C1. The molecule has 2 rings (SSSR count). The normalized spacial score (nSPS) is 19.0. The first-order chi connectivity index (χ1) is 11.7. The van der Waals surface area contributed by atoms with E-state index in [9.17, 15) is 19.5 Å². The predicted molar refractivity (Wildman–Crippen MR) is 93.3 cm³/mol. The van der Waals surface area contributed by atoms with E-state index in [4.69, 9.17) is 17.3 Å². The summed E-state index contributed by atoms with van der Waals surface area (Å²) >= 11 is 5.82. The lowest BCUT2D eigenvalue weighted by Gasteiger charge is -2.40. The highest BCUT2D eigenvalue weighted by molar-refractivity contribution is 6.30. The Labute approximate surface area is 151 Å². The van der Waals surface area contributed by atoms with E-state index in [0.29, 0.717) is 10.6 Å². The number of carboxylic acids is 1. The van der Waals surface area contributed by atoms with Crippen LogP contribution in [0.25, 0.3) is 0 Å². The number of hydrogen-bond acceptors (Lipinski definition) is 4. The first-order valence-electron chi connectivity index (χ1n) is 8.06. The zero-order valence-electron chi connectivity index (χ0n) is 14.2. The number of rotatable bonds is 4. The Hall–Kier alpha value is -2.12. The third-order valence-corrected chi connectivity index (χ3v) is 4.58. The number of nitrogens with two attached hydrogens (primary N) is 1. The topological polar surface area (TPSA) is 104 Å². The smallest absolute Gasteiger partial charge is 0.328 e. The quantitative estimate of drug-likeness (QED) is 0.828. The average Bonchev–Trinajstić information content (AvgIpc) is 2.59. The monoisotopic (exact) mass is 367 g/mol. The Morgan fingerprint density at radius 3 is 2.32 bits per heavy atom. The Morgan fingerprint density at radius 1 is 1.20 bits per heavy atom. The fourth-order valence-electron chi connectivity index (χ4n) is 2.69. The summed E-state index contributed by atoms with van der Waals surface area (Å²) in [7, 11) is 0. The molecule has 1 aliphatic rings. The second kappa shape index (κ2) is 7.84. The Bertz CT molecular complexity index is 662. The molecule has 2 atom stereocenters. The summed E-state index contributed by atoms with van der Waals surface area (Å²) < 4.78 is 0. The zero-order valence-corrected chi connectivity index (χ0v) is 14.9. The number of nitrogens with zero attached hydrogens (tertiary/aromatic N) is 2. The maximum Gasteiger partial charge on any atom is 0.328 e. The largest absolute Gasteiger partial charge is 0.480 e. The molecule has 1 aliphatic heterocycles. The number of carbonyl (C=O) groups is 3. The zero-order chi connectivity index (χ0) is 18.7. The lowest BCUT2D eigenvalue weighted by molar-refractivity contribution is -0.147. The molecule has 0 saturated carbocycles. The standard InChI is InChI=1S/C17H22ClN3O4/c1-10(2)14(19)16(23)20-7-8-21(13(9-20)17(24)25)15(22)11-3-5-12(18)6-4-11/h3-6,10,13-14H,7-9,19H2,1-2H3,(H,24,25)/t13-,14-/m0/s1. The van der Waals surface area contributed by atoms with Gasteiger partial charge in [-0.25, -0.2) is 4.79 Å². The van der Waals surface area contributed by atoms with Crippen molar-refractivity contribution in [3.63, 3.8) is 0 Å². The van der Waals surface area contributed by atoms with E-state index < -0.39 is 24.0 Å². The van der Waals surface area contributed by atoms with Crippen LogP contribution in [-0.4, -0.2) is 64.4 Å². The lowest BCUT2D eigenvalue weighted by atomic mass is 10.0. The molecule has 1 aromatic rings. The van der Waals surface area contributed by atoms with Gasteiger partial charge in [-0.2, -0.15) is 0 Å². The summed E-state index contributed by atoms with van der Waals surface area (Å²) in [6, 6.07) is 4.46. The van der Waals surface area contributed by atoms with Crippen molar-refractivity contribution in [2.45, 2.75) is 25.9 Å². The van der Waals surface area contributed by atoms with E-state index in [1.54, 1.807) is 24.3 Å². The number of piperazine rings is 1. The fraction of sp³-hybridized carbons (Fsp3) is 0.471. The molecule has 25 heavy (non-hydrogen) atoms. The average molecular weight is 368 g/mol. The van der Waals surface area contributed by atoms with E-state index in [-0.39, 0.29) is 31.5 Å². The van der Waals surface area contributed by atoms with Crippen LogP contribution < -0.4 is 5.73 Å². The van der Waals surface area contributed by atoms with Crippen LogP contribution in [0.3, 0.4) is 0 Å². The van der Waals surface area contributed by atoms with Gasteiger partial charge >= 0.3 is 5.97 Å². The summed E-state index contributed by atoms with van der Waals surface area (Å²) in [6.07, 6.45) is 0.